The van der Waals surface area contributed by atoms with E-state index in [-0.39, 0.29) is 42.5 Å². The van der Waals surface area contributed by atoms with Gasteiger partial charge in [0.1, 0.15) is 35.5 Å². The van der Waals surface area contributed by atoms with Gasteiger partial charge in [-0.15, -0.1) is 0 Å². The maximum atomic E-state index is 13.9. The Labute approximate surface area is 456 Å². The van der Waals surface area contributed by atoms with E-state index in [1.54, 1.807) is 46.8 Å². The highest BCUT2D eigenvalue weighted by Crippen LogP contribution is 2.22. The van der Waals surface area contributed by atoms with E-state index in [4.69, 9.17) is 17.2 Å². The lowest BCUT2D eigenvalue weighted by Gasteiger charge is -2.32. The number of carbonyl (C=O) groups excluding carboxylic acids is 9. The van der Waals surface area contributed by atoms with Crippen molar-refractivity contribution in [3.63, 3.8) is 0 Å². The third kappa shape index (κ3) is 24.5. The Morgan fingerprint density at radius 2 is 1.15 bits per heavy atom. The monoisotopic (exact) mass is 1170 g/mol. The number of phenols is 1. The Morgan fingerprint density at radius 3 is 1.65 bits per heavy atom. The average Bonchev–Trinajstić information content (AvgIpc) is 3.35. The van der Waals surface area contributed by atoms with Gasteiger partial charge in [0.05, 0.1) is 24.0 Å². The summed E-state index contributed by atoms with van der Waals surface area (Å²) in [5.74, 6) is -7.66. The summed E-state index contributed by atoms with van der Waals surface area (Å²) in [6, 6.07) is -0.825. The summed E-state index contributed by atoms with van der Waals surface area (Å²) >= 11 is 1.88. The smallest absolute Gasteiger partial charge is 0.305 e. The number of rotatable bonds is 39. The Kier molecular flexibility index (Phi) is 31.1. The molecule has 15 N–H and O–H groups in total. The van der Waals surface area contributed by atoms with E-state index in [1.165, 1.54) is 26.0 Å². The minimum atomic E-state index is -1.71. The number of ketones is 2. The van der Waals surface area contributed by atoms with E-state index in [9.17, 15) is 58.2 Å². The van der Waals surface area contributed by atoms with Crippen LogP contribution in [0.25, 0.3) is 0 Å². The number of halogens is 1. The number of nitrogens with one attached hydrogen (secondary N) is 7. The fourth-order valence-corrected chi connectivity index (χ4v) is 8.70. The lowest BCUT2D eigenvalue weighted by atomic mass is 9.89. The van der Waals surface area contributed by atoms with E-state index in [0.29, 0.717) is 64.3 Å². The molecule has 22 nitrogen and oxygen atoms in total. The number of Topliss-reactive ketones (excluding diaryl/α,β-unsaturated/α-hetero) is 2. The largest absolute Gasteiger partial charge is 0.508 e. The average molecular weight is 1170 g/mol. The summed E-state index contributed by atoms with van der Waals surface area (Å²) in [6.07, 6.45) is 6.19. The van der Waals surface area contributed by atoms with Crippen LogP contribution in [0.3, 0.4) is 0 Å². The Balaban J connectivity index is 2.95. The van der Waals surface area contributed by atoms with Crippen LogP contribution >= 0.6 is 22.9 Å². The third-order valence-electron chi connectivity index (χ3n) is 13.9. The molecule has 0 aromatic heterocycles. The summed E-state index contributed by atoms with van der Waals surface area (Å²) in [5, 5.41) is 35.3. The maximum Gasteiger partial charge on any atom is 0.305 e. The topological polar surface area (TPSA) is 373 Å². The van der Waals surface area contributed by atoms with Gasteiger partial charge in [-0.05, 0) is 109 Å². The molecule has 0 saturated heterocycles. The van der Waals surface area contributed by atoms with Crippen LogP contribution in [0.4, 0.5) is 0 Å². The highest BCUT2D eigenvalue weighted by molar-refractivity contribution is 14.1. The van der Waals surface area contributed by atoms with Gasteiger partial charge in [-0.2, -0.15) is 0 Å². The fourth-order valence-electron chi connectivity index (χ4n) is 8.18. The number of carboxylic acids is 1. The predicted molar refractivity (Wildman–Crippen MR) is 292 cm³/mol. The zero-order valence-electron chi connectivity index (χ0n) is 45.2. The molecule has 10 atom stereocenters. The number of aromatic hydroxyl groups is 1. The van der Waals surface area contributed by atoms with E-state index in [1.807, 2.05) is 29.8 Å². The number of unbranched alkanes of at least 4 members (excludes halogenated alkanes) is 6. The second-order valence-corrected chi connectivity index (χ2v) is 20.8. The number of primary amides is 1. The second kappa shape index (κ2) is 34.4. The second-order valence-electron chi connectivity index (χ2n) is 20.3. The molecule has 1 aromatic carbocycles. The SMILES string of the molecule is CC[C@H](C)[C@H](NC(=O)[C@H](CCC(N)=O)NC(=O)[C@H](CC(=O)O)NC(=O)[C@@H](NC(=O)[C@](C)(CCCCCCCC[C@](C)(NC(=O)[C@H](CCCCN)NC(=O)[C@@H](N)Cc1ccc(O)cc1)C(C)=O)NI)[C@@H](C)CC)C(C)=O. The lowest BCUT2D eigenvalue weighted by Crippen LogP contribution is -2.61. The summed E-state index contributed by atoms with van der Waals surface area (Å²) < 4.78 is 3.03. The highest BCUT2D eigenvalue weighted by atomic mass is 127. The summed E-state index contributed by atoms with van der Waals surface area (Å²) in [7, 11) is 0. The molecule has 23 heteroatoms. The molecule has 0 saturated carbocycles. The van der Waals surface area contributed by atoms with E-state index < -0.39 is 107 Å². The van der Waals surface area contributed by atoms with Crippen molar-refractivity contribution in [2.75, 3.05) is 6.54 Å². The molecule has 1 aromatic rings. The normalized spacial score (nSPS) is 16.1. The van der Waals surface area contributed by atoms with Gasteiger partial charge in [0, 0.05) is 29.3 Å². The van der Waals surface area contributed by atoms with Gasteiger partial charge in [0.25, 0.3) is 0 Å². The fraction of sp³-hybridized carbons (Fsp3) is 0.692. The Hall–Kier alpha value is -5.27. The van der Waals surface area contributed by atoms with Gasteiger partial charge in [-0.25, -0.2) is 3.53 Å². The molecule has 1 rings (SSSR count). The number of amides is 7. The number of hydrogen-bond acceptors (Lipinski definition) is 14. The minimum Gasteiger partial charge on any atom is -0.508 e. The van der Waals surface area contributed by atoms with Gasteiger partial charge in [0.15, 0.2) is 11.6 Å². The summed E-state index contributed by atoms with van der Waals surface area (Å²) in [6.45, 7) is 13.6. The van der Waals surface area contributed by atoms with Gasteiger partial charge in [-0.3, -0.25) is 47.9 Å². The number of phenolic OH excluding ortho intramolecular Hbond substituents is 1. The van der Waals surface area contributed by atoms with Gasteiger partial charge in [-0.1, -0.05) is 91.2 Å². The lowest BCUT2D eigenvalue weighted by molar-refractivity contribution is -0.142. The molecule has 0 aliphatic carbocycles. The first-order valence-electron chi connectivity index (χ1n) is 26.2. The molecule has 424 valence electrons. The first-order chi connectivity index (χ1) is 35.2. The molecule has 0 spiro atoms. The van der Waals surface area contributed by atoms with Gasteiger partial charge >= 0.3 is 5.97 Å². The molecule has 0 bridgehead atoms. The molecule has 75 heavy (non-hydrogen) atoms. The maximum absolute atomic E-state index is 13.9. The molecule has 0 aliphatic heterocycles. The number of hydrogen-bond donors (Lipinski definition) is 12. The van der Waals surface area contributed by atoms with Crippen LogP contribution in [0.5, 0.6) is 5.75 Å². The summed E-state index contributed by atoms with van der Waals surface area (Å²) in [4.78, 5) is 131. The third-order valence-corrected chi connectivity index (χ3v) is 15.0. The zero-order chi connectivity index (χ0) is 57.1. The highest BCUT2D eigenvalue weighted by Gasteiger charge is 2.39. The first-order valence-corrected chi connectivity index (χ1v) is 27.2. The molecule has 0 radical (unpaired) electrons. The summed E-state index contributed by atoms with van der Waals surface area (Å²) in [5.41, 5.74) is 15.6. The Bertz CT molecular complexity index is 2060. The number of benzene rings is 1. The molecule has 7 amide bonds. The Morgan fingerprint density at radius 1 is 0.640 bits per heavy atom. The van der Waals surface area contributed by atoms with Crippen LogP contribution in [-0.4, -0.2) is 123 Å². The predicted octanol–water partition coefficient (Wildman–Crippen LogP) is 2.52. The molecular weight excluding hydrogens is 1080 g/mol. The van der Waals surface area contributed by atoms with Crippen molar-refractivity contribution >= 4 is 81.8 Å². The molecule has 0 fully saturated rings. The van der Waals surface area contributed by atoms with Crippen LogP contribution in [0.2, 0.25) is 0 Å². The van der Waals surface area contributed by atoms with Crippen molar-refractivity contribution < 1.29 is 58.2 Å². The first kappa shape index (κ1) is 67.7. The van der Waals surface area contributed by atoms with Crippen LogP contribution in [0, 0.1) is 11.8 Å². The van der Waals surface area contributed by atoms with Gasteiger partial charge in [0.2, 0.25) is 41.4 Å². The molecule has 0 unspecified atom stereocenters. The van der Waals surface area contributed by atoms with Crippen molar-refractivity contribution in [1.29, 1.82) is 0 Å². The number of aliphatic carboxylic acids is 1. The van der Waals surface area contributed by atoms with Crippen LogP contribution < -0.4 is 52.6 Å². The van der Waals surface area contributed by atoms with Crippen LogP contribution in [0.15, 0.2) is 24.3 Å². The van der Waals surface area contributed by atoms with Crippen molar-refractivity contribution in [3.05, 3.63) is 29.8 Å². The van der Waals surface area contributed by atoms with Crippen molar-refractivity contribution in [2.24, 2.45) is 29.0 Å². The quantitative estimate of drug-likeness (QED) is 0.0256. The van der Waals surface area contributed by atoms with Crippen molar-refractivity contribution in [2.45, 2.75) is 212 Å². The van der Waals surface area contributed by atoms with E-state index in [2.05, 4.69) is 35.4 Å². The number of carboxylic acid groups (broad SMARTS) is 1. The standard InChI is InChI=1S/C52H87IN10O12/c1-9-31(3)43(33(5)64)60-46(71)39(24-25-41(56)67)58-47(72)40(30-42(68)69)59-49(74)44(32(4)10-2)61-50(75)52(8,63-53)27-17-14-12-11-13-16-26-51(7,34(6)65)62-48(73)38(19-15-18-28-54)57-45(70)37(55)29-35-20-22-36(66)23-21-35/h20-23,31-32,37-40,43-44,63,66H,9-19,24-30,54-55H2,1-8H3,(H2,56,67)(H,57,70)(H,58,72)(H,59,74)(H,60,71)(H,61,75)(H,62,73)(H,68,69)/t31-,32-,37-,38-,39-,40-,43-,44-,51-,52-/m0/s1. The van der Waals surface area contributed by atoms with Gasteiger partial charge < -0.3 is 59.3 Å². The molecular formula is C52H87IN10O12. The van der Waals surface area contributed by atoms with Crippen molar-refractivity contribution in [3.8, 4) is 5.75 Å². The minimum absolute atomic E-state index is 0.0817. The number of nitrogens with two attached hydrogens (primary N) is 3. The molecule has 0 aliphatic rings. The zero-order valence-corrected chi connectivity index (χ0v) is 47.4. The van der Waals surface area contributed by atoms with Crippen LogP contribution in [0.1, 0.15) is 164 Å². The van der Waals surface area contributed by atoms with E-state index in [0.717, 1.165) is 31.2 Å². The van der Waals surface area contributed by atoms with Crippen molar-refractivity contribution in [1.82, 2.24) is 35.4 Å². The number of carbonyl (C=O) groups is 10. The van der Waals surface area contributed by atoms with E-state index >= 15 is 0 Å². The van der Waals surface area contributed by atoms with Crippen LogP contribution in [-0.2, 0) is 54.4 Å². The molecule has 0 heterocycles.